The van der Waals surface area contributed by atoms with E-state index in [0.29, 0.717) is 18.8 Å². The lowest BCUT2D eigenvalue weighted by molar-refractivity contribution is 0.157. The van der Waals surface area contributed by atoms with E-state index >= 15 is 0 Å². The second-order valence-electron chi connectivity index (χ2n) is 2.97. The monoisotopic (exact) mass is 271 g/mol. The number of ether oxygens (including phenoxy) is 1. The Balaban J connectivity index is 2.70. The van der Waals surface area contributed by atoms with Crippen LogP contribution in [0.25, 0.3) is 0 Å². The van der Waals surface area contributed by atoms with Crippen LogP contribution in [0.1, 0.15) is 13.8 Å². The first kappa shape index (κ1) is 12.0. The Labute approximate surface area is 98.2 Å². The molecule has 1 rings (SSSR count). The average Bonchev–Trinajstić information content (AvgIpc) is 2.23. The van der Waals surface area contributed by atoms with Gasteiger partial charge in [0, 0.05) is 13.1 Å². The van der Waals surface area contributed by atoms with Crippen molar-refractivity contribution in [2.75, 3.05) is 13.1 Å². The third-order valence-corrected chi connectivity index (χ3v) is 2.71. The SMILES string of the molecule is CCN(CC)C(=O)Oc1ccccc1Br. The number of benzene rings is 1. The van der Waals surface area contributed by atoms with Crippen molar-refractivity contribution < 1.29 is 9.53 Å². The van der Waals surface area contributed by atoms with Crippen LogP contribution in [0.3, 0.4) is 0 Å². The van der Waals surface area contributed by atoms with Gasteiger partial charge in [0.2, 0.25) is 0 Å². The van der Waals surface area contributed by atoms with Gasteiger partial charge in [-0.05, 0) is 41.9 Å². The number of hydrogen-bond acceptors (Lipinski definition) is 2. The summed E-state index contributed by atoms with van der Waals surface area (Å²) in [5.41, 5.74) is 0. The fourth-order valence-corrected chi connectivity index (χ4v) is 1.53. The Morgan fingerprint density at radius 3 is 2.47 bits per heavy atom. The molecule has 0 aliphatic carbocycles. The predicted octanol–water partition coefficient (Wildman–Crippen LogP) is 3.29. The quantitative estimate of drug-likeness (QED) is 0.845. The van der Waals surface area contributed by atoms with Gasteiger partial charge in [-0.2, -0.15) is 0 Å². The van der Waals surface area contributed by atoms with Gasteiger partial charge in [0.05, 0.1) is 4.47 Å². The summed E-state index contributed by atoms with van der Waals surface area (Å²) in [6.45, 7) is 5.15. The third kappa shape index (κ3) is 3.23. The summed E-state index contributed by atoms with van der Waals surface area (Å²) in [6, 6.07) is 7.30. The highest BCUT2D eigenvalue weighted by atomic mass is 79.9. The molecule has 1 aromatic rings. The number of hydrogen-bond donors (Lipinski definition) is 0. The first-order valence-corrected chi connectivity index (χ1v) is 5.69. The molecule has 82 valence electrons. The highest BCUT2D eigenvalue weighted by Crippen LogP contribution is 2.24. The van der Waals surface area contributed by atoms with E-state index in [1.165, 1.54) is 0 Å². The molecule has 0 aliphatic rings. The lowest BCUT2D eigenvalue weighted by atomic mass is 10.3. The first-order valence-electron chi connectivity index (χ1n) is 4.90. The van der Waals surface area contributed by atoms with Crippen LogP contribution >= 0.6 is 15.9 Å². The Morgan fingerprint density at radius 2 is 1.93 bits per heavy atom. The van der Waals surface area contributed by atoms with Crippen molar-refractivity contribution in [1.29, 1.82) is 0 Å². The molecule has 0 saturated carbocycles. The zero-order chi connectivity index (χ0) is 11.3. The van der Waals surface area contributed by atoms with Crippen LogP contribution in [-0.4, -0.2) is 24.1 Å². The van der Waals surface area contributed by atoms with Crippen LogP contribution in [0, 0.1) is 0 Å². The summed E-state index contributed by atoms with van der Waals surface area (Å²) in [7, 11) is 0. The van der Waals surface area contributed by atoms with E-state index in [1.54, 1.807) is 11.0 Å². The highest BCUT2D eigenvalue weighted by molar-refractivity contribution is 9.10. The minimum Gasteiger partial charge on any atom is -0.409 e. The summed E-state index contributed by atoms with van der Waals surface area (Å²) < 4.78 is 6.01. The largest absolute Gasteiger partial charge is 0.415 e. The van der Waals surface area contributed by atoms with Crippen molar-refractivity contribution in [2.45, 2.75) is 13.8 Å². The standard InChI is InChI=1S/C11H14BrNO2/c1-3-13(4-2)11(14)15-10-8-6-5-7-9(10)12/h5-8H,3-4H2,1-2H3. The molecule has 0 bridgehead atoms. The Bertz CT molecular complexity index is 337. The summed E-state index contributed by atoms with van der Waals surface area (Å²) in [6.07, 6.45) is -0.313. The lowest BCUT2D eigenvalue weighted by Gasteiger charge is -2.18. The van der Waals surface area contributed by atoms with Crippen LogP contribution in [0.15, 0.2) is 28.7 Å². The van der Waals surface area contributed by atoms with Crippen molar-refractivity contribution in [2.24, 2.45) is 0 Å². The molecule has 0 saturated heterocycles. The smallest absolute Gasteiger partial charge is 0.409 e. The Hall–Kier alpha value is -1.03. The van der Waals surface area contributed by atoms with E-state index in [0.717, 1.165) is 4.47 Å². The molecule has 3 nitrogen and oxygen atoms in total. The van der Waals surface area contributed by atoms with Crippen LogP contribution < -0.4 is 4.74 Å². The minimum atomic E-state index is -0.313. The number of amides is 1. The Kier molecular flexibility index (Phi) is 4.62. The molecule has 15 heavy (non-hydrogen) atoms. The molecule has 0 aromatic heterocycles. The van der Waals surface area contributed by atoms with Gasteiger partial charge in [0.15, 0.2) is 0 Å². The number of halogens is 1. The van der Waals surface area contributed by atoms with Gasteiger partial charge < -0.3 is 9.64 Å². The summed E-state index contributed by atoms with van der Waals surface area (Å²) in [5.74, 6) is 0.550. The van der Waals surface area contributed by atoms with Gasteiger partial charge in [-0.1, -0.05) is 12.1 Å². The van der Waals surface area contributed by atoms with Gasteiger partial charge in [-0.15, -0.1) is 0 Å². The summed E-state index contributed by atoms with van der Waals surface area (Å²) in [5, 5.41) is 0. The number of carbonyl (C=O) groups excluding carboxylic acids is 1. The third-order valence-electron chi connectivity index (χ3n) is 2.06. The molecule has 0 unspecified atom stereocenters. The van der Waals surface area contributed by atoms with Gasteiger partial charge in [0.25, 0.3) is 0 Å². The van der Waals surface area contributed by atoms with E-state index in [9.17, 15) is 4.79 Å². The van der Waals surface area contributed by atoms with Crippen molar-refractivity contribution >= 4 is 22.0 Å². The fourth-order valence-electron chi connectivity index (χ4n) is 1.17. The van der Waals surface area contributed by atoms with Crippen molar-refractivity contribution in [3.63, 3.8) is 0 Å². The molecular weight excluding hydrogens is 258 g/mol. The number of para-hydroxylation sites is 1. The van der Waals surface area contributed by atoms with Crippen LogP contribution in [-0.2, 0) is 0 Å². The number of carbonyl (C=O) groups is 1. The molecule has 0 radical (unpaired) electrons. The molecule has 0 atom stereocenters. The fraction of sp³-hybridized carbons (Fsp3) is 0.364. The zero-order valence-electron chi connectivity index (χ0n) is 8.87. The van der Waals surface area contributed by atoms with Crippen LogP contribution in [0.2, 0.25) is 0 Å². The number of rotatable bonds is 3. The lowest BCUT2D eigenvalue weighted by Crippen LogP contribution is -2.33. The van der Waals surface area contributed by atoms with E-state index in [4.69, 9.17) is 4.74 Å². The molecule has 0 aliphatic heterocycles. The molecule has 0 N–H and O–H groups in total. The van der Waals surface area contributed by atoms with E-state index in [2.05, 4.69) is 15.9 Å². The molecular formula is C11H14BrNO2. The maximum Gasteiger partial charge on any atom is 0.415 e. The van der Waals surface area contributed by atoms with E-state index < -0.39 is 0 Å². The summed E-state index contributed by atoms with van der Waals surface area (Å²) >= 11 is 3.32. The van der Waals surface area contributed by atoms with Crippen molar-refractivity contribution in [3.05, 3.63) is 28.7 Å². The summed E-state index contributed by atoms with van der Waals surface area (Å²) in [4.78, 5) is 13.2. The van der Waals surface area contributed by atoms with Gasteiger partial charge in [0.1, 0.15) is 5.75 Å². The maximum atomic E-state index is 11.6. The highest BCUT2D eigenvalue weighted by Gasteiger charge is 2.12. The van der Waals surface area contributed by atoms with E-state index in [1.807, 2.05) is 32.0 Å². The number of nitrogens with zero attached hydrogens (tertiary/aromatic N) is 1. The van der Waals surface area contributed by atoms with Crippen LogP contribution in [0.4, 0.5) is 4.79 Å². The van der Waals surface area contributed by atoms with Gasteiger partial charge in [-0.3, -0.25) is 0 Å². The Morgan fingerprint density at radius 1 is 1.33 bits per heavy atom. The van der Waals surface area contributed by atoms with Crippen LogP contribution in [0.5, 0.6) is 5.75 Å². The van der Waals surface area contributed by atoms with Gasteiger partial charge >= 0.3 is 6.09 Å². The molecule has 4 heteroatoms. The van der Waals surface area contributed by atoms with Crippen molar-refractivity contribution in [3.8, 4) is 5.75 Å². The normalized spacial score (nSPS) is 9.80. The molecule has 0 heterocycles. The molecule has 1 amide bonds. The van der Waals surface area contributed by atoms with Crippen molar-refractivity contribution in [1.82, 2.24) is 4.90 Å². The second kappa shape index (κ2) is 5.75. The second-order valence-corrected chi connectivity index (χ2v) is 3.83. The van der Waals surface area contributed by atoms with Gasteiger partial charge in [-0.25, -0.2) is 4.79 Å². The minimum absolute atomic E-state index is 0.313. The molecule has 0 spiro atoms. The zero-order valence-corrected chi connectivity index (χ0v) is 10.5. The molecule has 1 aromatic carbocycles. The topological polar surface area (TPSA) is 29.5 Å². The van der Waals surface area contributed by atoms with E-state index in [-0.39, 0.29) is 6.09 Å². The first-order chi connectivity index (χ1) is 7.19. The molecule has 0 fully saturated rings. The average molecular weight is 272 g/mol. The predicted molar refractivity (Wildman–Crippen MR) is 63.1 cm³/mol. The maximum absolute atomic E-state index is 11.6.